The van der Waals surface area contributed by atoms with Gasteiger partial charge in [-0.15, -0.1) is 5.54 Å². The molecule has 6 nitrogen and oxygen atoms in total. The first-order valence-electron chi connectivity index (χ1n) is 7.73. The summed E-state index contributed by atoms with van der Waals surface area (Å²) in [5.74, 6) is -0.374. The number of esters is 1. The molecule has 0 bridgehead atoms. The third-order valence-corrected chi connectivity index (χ3v) is 3.54. The molecule has 0 fully saturated rings. The van der Waals surface area contributed by atoms with Crippen molar-refractivity contribution in [1.82, 2.24) is 0 Å². The Bertz CT molecular complexity index is 760. The lowest BCUT2D eigenvalue weighted by molar-refractivity contribution is -0.161. The van der Waals surface area contributed by atoms with Crippen LogP contribution in [0, 0.1) is 11.5 Å². The van der Waals surface area contributed by atoms with E-state index in [2.05, 4.69) is 36.4 Å². The molecule has 25 heavy (non-hydrogen) atoms. The number of carboxylic acid groups (broad SMARTS) is 1. The van der Waals surface area contributed by atoms with Crippen LogP contribution >= 0.6 is 0 Å². The molecule has 1 aromatic rings. The molecule has 134 valence electrons. The van der Waals surface area contributed by atoms with E-state index in [0.29, 0.717) is 5.56 Å². The topological polar surface area (TPSA) is 92.7 Å². The summed E-state index contributed by atoms with van der Waals surface area (Å²) in [6.07, 6.45) is 0. The zero-order valence-electron chi connectivity index (χ0n) is 15.3. The van der Waals surface area contributed by atoms with Crippen LogP contribution < -0.4 is 5.32 Å². The number of carbonyl (C=O) groups excluding carboxylic acids is 2. The van der Waals surface area contributed by atoms with Gasteiger partial charge in [0.25, 0.3) is 0 Å². The molecule has 0 saturated heterocycles. The van der Waals surface area contributed by atoms with Crippen LogP contribution in [0.4, 0.5) is 5.69 Å². The minimum absolute atomic E-state index is 0.0157. The lowest BCUT2D eigenvalue weighted by atomic mass is 10.1. The van der Waals surface area contributed by atoms with Crippen molar-refractivity contribution in [2.45, 2.75) is 46.0 Å². The first-order valence-corrected chi connectivity index (χ1v) is 11.2. The number of aromatic carboxylic acids is 1. The van der Waals surface area contributed by atoms with E-state index in [0.717, 1.165) is 0 Å². The number of carboxylic acids is 1. The first kappa shape index (κ1) is 20.5. The highest BCUT2D eigenvalue weighted by Crippen LogP contribution is 2.18. The van der Waals surface area contributed by atoms with Crippen molar-refractivity contribution in [1.29, 1.82) is 0 Å². The Labute approximate surface area is 148 Å². The van der Waals surface area contributed by atoms with E-state index in [-0.39, 0.29) is 11.3 Å². The van der Waals surface area contributed by atoms with Crippen LogP contribution in [-0.2, 0) is 14.3 Å². The van der Waals surface area contributed by atoms with Gasteiger partial charge in [-0.3, -0.25) is 4.79 Å². The monoisotopic (exact) mass is 361 g/mol. The van der Waals surface area contributed by atoms with Crippen molar-refractivity contribution in [3.63, 3.8) is 0 Å². The number of ether oxygens (including phenoxy) is 1. The van der Waals surface area contributed by atoms with Crippen molar-refractivity contribution in [3.8, 4) is 11.5 Å². The summed E-state index contributed by atoms with van der Waals surface area (Å²) in [6.45, 7) is 11.1. The fraction of sp³-hybridized carbons (Fsp3) is 0.389. The highest BCUT2D eigenvalue weighted by Gasteiger charge is 2.24. The average Bonchev–Trinajstić information content (AvgIpc) is 2.43. The highest BCUT2D eigenvalue weighted by molar-refractivity contribution is 6.83. The quantitative estimate of drug-likeness (QED) is 0.366. The Balaban J connectivity index is 3.08. The van der Waals surface area contributed by atoms with Crippen molar-refractivity contribution in [2.75, 3.05) is 5.32 Å². The minimum atomic E-state index is -1.60. The number of benzene rings is 1. The Morgan fingerprint density at radius 2 is 1.76 bits per heavy atom. The maximum atomic E-state index is 11.9. The van der Waals surface area contributed by atoms with E-state index in [1.807, 2.05) is 0 Å². The van der Waals surface area contributed by atoms with Crippen molar-refractivity contribution >= 4 is 31.6 Å². The number of nitrogens with one attached hydrogen (secondary N) is 1. The Morgan fingerprint density at radius 1 is 1.16 bits per heavy atom. The van der Waals surface area contributed by atoms with Gasteiger partial charge >= 0.3 is 17.8 Å². The average molecular weight is 361 g/mol. The molecule has 0 aliphatic rings. The Kier molecular flexibility index (Phi) is 6.16. The van der Waals surface area contributed by atoms with E-state index in [9.17, 15) is 19.5 Å². The molecule has 0 unspecified atom stereocenters. The molecule has 0 spiro atoms. The van der Waals surface area contributed by atoms with Gasteiger partial charge in [0, 0.05) is 5.56 Å². The molecule has 7 heteroatoms. The number of carbonyl (C=O) groups is 3. The molecule has 0 radical (unpaired) electrons. The fourth-order valence-electron chi connectivity index (χ4n) is 1.67. The number of amides is 1. The van der Waals surface area contributed by atoms with Gasteiger partial charge in [0.05, 0.1) is 11.3 Å². The van der Waals surface area contributed by atoms with Crippen LogP contribution in [0.3, 0.4) is 0 Å². The van der Waals surface area contributed by atoms with Gasteiger partial charge < -0.3 is 15.2 Å². The van der Waals surface area contributed by atoms with Gasteiger partial charge in [-0.1, -0.05) is 25.6 Å². The van der Waals surface area contributed by atoms with E-state index < -0.39 is 31.5 Å². The fourth-order valence-corrected chi connectivity index (χ4v) is 2.18. The number of rotatable bonds is 2. The summed E-state index contributed by atoms with van der Waals surface area (Å²) < 4.78 is 4.96. The molecular formula is C18H23NO5Si. The van der Waals surface area contributed by atoms with Crippen molar-refractivity contribution < 1.29 is 24.2 Å². The molecule has 0 saturated carbocycles. The van der Waals surface area contributed by atoms with Crippen LogP contribution in [0.2, 0.25) is 19.6 Å². The predicted molar refractivity (Wildman–Crippen MR) is 98.1 cm³/mol. The lowest BCUT2D eigenvalue weighted by Gasteiger charge is -2.19. The Hall–Kier alpha value is -2.59. The maximum absolute atomic E-state index is 11.9. The van der Waals surface area contributed by atoms with Gasteiger partial charge in [-0.25, -0.2) is 9.59 Å². The van der Waals surface area contributed by atoms with Gasteiger partial charge in [0.15, 0.2) is 0 Å². The standard InChI is InChI=1S/C18H23NO5Si/c1-18(2,3)24-17(23)15(20)19-14-8-7-12(9-10-25(4,5)6)11-13(14)16(21)22/h7-8,11H,1-6H3,(H,19,20)(H,21,22). The lowest BCUT2D eigenvalue weighted by Crippen LogP contribution is -2.32. The second kappa shape index (κ2) is 7.53. The number of anilines is 1. The number of hydrogen-bond acceptors (Lipinski definition) is 4. The van der Waals surface area contributed by atoms with Crippen LogP contribution in [0.15, 0.2) is 18.2 Å². The normalized spacial score (nSPS) is 11.1. The summed E-state index contributed by atoms with van der Waals surface area (Å²) in [5, 5.41) is 11.6. The van der Waals surface area contributed by atoms with Crippen LogP contribution in [0.25, 0.3) is 0 Å². The Morgan fingerprint density at radius 3 is 2.24 bits per heavy atom. The third kappa shape index (κ3) is 7.22. The van der Waals surface area contributed by atoms with Crippen molar-refractivity contribution in [3.05, 3.63) is 29.3 Å². The molecule has 0 aliphatic heterocycles. The zero-order chi connectivity index (χ0) is 19.4. The molecule has 2 N–H and O–H groups in total. The zero-order valence-corrected chi connectivity index (χ0v) is 16.3. The summed E-state index contributed by atoms with van der Waals surface area (Å²) >= 11 is 0. The molecule has 0 aromatic heterocycles. The van der Waals surface area contributed by atoms with Crippen molar-refractivity contribution in [2.24, 2.45) is 0 Å². The smallest absolute Gasteiger partial charge is 0.397 e. The molecule has 0 aliphatic carbocycles. The summed E-state index contributed by atoms with van der Waals surface area (Å²) in [6, 6.07) is 4.39. The minimum Gasteiger partial charge on any atom is -0.478 e. The van der Waals surface area contributed by atoms with Gasteiger partial charge in [0.2, 0.25) is 0 Å². The third-order valence-electron chi connectivity index (χ3n) is 2.66. The second-order valence-electron chi connectivity index (χ2n) is 7.52. The second-order valence-corrected chi connectivity index (χ2v) is 12.3. The first-order chi connectivity index (χ1) is 11.3. The van der Waals surface area contributed by atoms with Gasteiger partial charge in [-0.05, 0) is 39.0 Å². The summed E-state index contributed by atoms with van der Waals surface area (Å²) in [7, 11) is -1.60. The van der Waals surface area contributed by atoms with Gasteiger partial charge in [-0.2, -0.15) is 0 Å². The van der Waals surface area contributed by atoms with E-state index in [4.69, 9.17) is 4.74 Å². The predicted octanol–water partition coefficient (Wildman–Crippen LogP) is 2.89. The number of hydrogen-bond donors (Lipinski definition) is 2. The van der Waals surface area contributed by atoms with E-state index in [1.54, 1.807) is 26.8 Å². The largest absolute Gasteiger partial charge is 0.478 e. The SMILES string of the molecule is CC(C)(C)OC(=O)C(=O)Nc1ccc(C#C[Si](C)(C)C)cc1C(=O)O. The highest BCUT2D eigenvalue weighted by atomic mass is 28.3. The van der Waals surface area contributed by atoms with Crippen LogP contribution in [-0.4, -0.2) is 36.6 Å². The van der Waals surface area contributed by atoms with E-state index >= 15 is 0 Å². The molecule has 1 aromatic carbocycles. The van der Waals surface area contributed by atoms with Gasteiger partial charge in [0.1, 0.15) is 13.7 Å². The summed E-state index contributed by atoms with van der Waals surface area (Å²) in [5.41, 5.74) is 2.74. The molecule has 1 rings (SSSR count). The molecular weight excluding hydrogens is 338 g/mol. The maximum Gasteiger partial charge on any atom is 0.397 e. The van der Waals surface area contributed by atoms with Crippen LogP contribution in [0.5, 0.6) is 0 Å². The van der Waals surface area contributed by atoms with E-state index in [1.165, 1.54) is 12.1 Å². The molecule has 1 amide bonds. The molecule has 0 atom stereocenters. The molecule has 0 heterocycles. The van der Waals surface area contributed by atoms with Crippen LogP contribution in [0.1, 0.15) is 36.7 Å². The summed E-state index contributed by atoms with van der Waals surface area (Å²) in [4.78, 5) is 35.1.